The van der Waals surface area contributed by atoms with Crippen LogP contribution in [0.2, 0.25) is 16.5 Å². The summed E-state index contributed by atoms with van der Waals surface area (Å²) in [5, 5.41) is 0. The molecular formula is C6H12Se2. The first-order valence-corrected chi connectivity index (χ1v) is 7.94. The molecule has 0 rings (SSSR count). The molecule has 0 amide bonds. The third kappa shape index (κ3) is 4.93. The molecule has 8 heavy (non-hydrogen) atoms. The van der Waals surface area contributed by atoms with Crippen molar-refractivity contribution in [2.45, 2.75) is 23.4 Å². The van der Waals surface area contributed by atoms with Crippen molar-refractivity contribution in [1.82, 2.24) is 0 Å². The molecule has 0 aliphatic carbocycles. The Hall–Kier alpha value is 0.779. The molecule has 0 nitrogen and oxygen atoms in total. The Labute approximate surface area is 64.4 Å². The summed E-state index contributed by atoms with van der Waals surface area (Å²) in [6, 6.07) is 0. The summed E-state index contributed by atoms with van der Waals surface area (Å²) in [7, 11) is 0. The van der Waals surface area contributed by atoms with Crippen LogP contribution in [0.25, 0.3) is 0 Å². The molecule has 0 aromatic carbocycles. The minimum absolute atomic E-state index is 0.736. The van der Waals surface area contributed by atoms with Crippen molar-refractivity contribution in [3.8, 4) is 0 Å². The van der Waals surface area contributed by atoms with Gasteiger partial charge in [0.2, 0.25) is 0 Å². The number of hydrogen-bond donors (Lipinski definition) is 0. The molecule has 0 aliphatic rings. The van der Waals surface area contributed by atoms with Crippen LogP contribution in [0.1, 0.15) is 6.92 Å². The van der Waals surface area contributed by atoms with Crippen molar-refractivity contribution in [3.63, 3.8) is 0 Å². The topological polar surface area (TPSA) is 0 Å². The van der Waals surface area contributed by atoms with Crippen LogP contribution < -0.4 is 0 Å². The van der Waals surface area contributed by atoms with Crippen LogP contribution in [0.3, 0.4) is 0 Å². The monoisotopic (exact) mass is 244 g/mol. The normalized spacial score (nSPS) is 14.9. The van der Waals surface area contributed by atoms with Crippen LogP contribution >= 0.6 is 0 Å². The number of rotatable bonds is 3. The number of hydrogen-bond acceptors (Lipinski definition) is 0. The molecule has 48 valence electrons. The summed E-state index contributed by atoms with van der Waals surface area (Å²) in [5.41, 5.74) is 0. The quantitative estimate of drug-likeness (QED) is 0.662. The zero-order chi connectivity index (χ0) is 6.41. The summed E-state index contributed by atoms with van der Waals surface area (Å²) in [5.74, 6) is 4.52. The molecule has 0 spiro atoms. The zero-order valence-electron chi connectivity index (χ0n) is 5.55. The molecule has 1 atom stereocenters. The molecule has 0 bridgehead atoms. The minimum atomic E-state index is 0.736. The first-order chi connectivity index (χ1) is 3.81. The van der Waals surface area contributed by atoms with Crippen molar-refractivity contribution in [3.05, 3.63) is 11.1 Å². The van der Waals surface area contributed by atoms with Gasteiger partial charge in [0.1, 0.15) is 0 Å². The maximum absolute atomic E-state index is 2.33. The Morgan fingerprint density at radius 2 is 2.00 bits per heavy atom. The second-order valence-corrected chi connectivity index (χ2v) is 5.61. The fourth-order valence-corrected chi connectivity index (χ4v) is 2.09. The van der Waals surface area contributed by atoms with Crippen LogP contribution in [0, 0.1) is 0 Å². The van der Waals surface area contributed by atoms with Crippen molar-refractivity contribution >= 4 is 29.9 Å². The van der Waals surface area contributed by atoms with Crippen molar-refractivity contribution in [2.75, 3.05) is 0 Å². The Morgan fingerprint density at radius 1 is 1.38 bits per heavy atom. The summed E-state index contributed by atoms with van der Waals surface area (Å²) >= 11 is 1.54. The van der Waals surface area contributed by atoms with E-state index in [4.69, 9.17) is 0 Å². The van der Waals surface area contributed by atoms with Crippen LogP contribution in [0.15, 0.2) is 11.1 Å². The van der Waals surface area contributed by atoms with Gasteiger partial charge in [0, 0.05) is 0 Å². The predicted molar refractivity (Wildman–Crippen MR) is 41.8 cm³/mol. The zero-order valence-corrected chi connectivity index (χ0v) is 8.97. The molecule has 0 aromatic heterocycles. The van der Waals surface area contributed by atoms with Crippen LogP contribution in [-0.4, -0.2) is 29.9 Å². The Morgan fingerprint density at radius 3 is 2.38 bits per heavy atom. The Bertz CT molecular complexity index is 68.9. The molecule has 0 aliphatic heterocycles. The van der Waals surface area contributed by atoms with E-state index in [1.54, 1.807) is 0 Å². The van der Waals surface area contributed by atoms with Crippen LogP contribution in [0.5, 0.6) is 0 Å². The molecule has 0 fully saturated rings. The average molecular weight is 242 g/mol. The van der Waals surface area contributed by atoms with Gasteiger partial charge in [-0.1, -0.05) is 0 Å². The standard InChI is InChI=1S/C6H12Se2/c1-6(8-3)4-5-7-2/h4-6H,1-3H3/b5-4-. The second kappa shape index (κ2) is 5.91. The molecule has 0 saturated heterocycles. The first kappa shape index (κ1) is 8.78. The van der Waals surface area contributed by atoms with E-state index in [1.165, 1.54) is 0 Å². The fourth-order valence-electron chi connectivity index (χ4n) is 0.268. The summed E-state index contributed by atoms with van der Waals surface area (Å²) in [6.45, 7) is 2.28. The van der Waals surface area contributed by atoms with Crippen molar-refractivity contribution in [1.29, 1.82) is 0 Å². The number of allylic oxidation sites excluding steroid dienone is 1. The van der Waals surface area contributed by atoms with Crippen molar-refractivity contribution < 1.29 is 0 Å². The summed E-state index contributed by atoms with van der Waals surface area (Å²) in [6.07, 6.45) is 2.33. The molecule has 0 N–H and O–H groups in total. The van der Waals surface area contributed by atoms with Gasteiger partial charge in [-0.25, -0.2) is 0 Å². The van der Waals surface area contributed by atoms with Crippen LogP contribution in [-0.2, 0) is 0 Å². The first-order valence-electron chi connectivity index (χ1n) is 2.53. The molecule has 0 aromatic rings. The van der Waals surface area contributed by atoms with Crippen LogP contribution in [0.4, 0.5) is 0 Å². The van der Waals surface area contributed by atoms with E-state index in [2.05, 4.69) is 29.6 Å². The van der Waals surface area contributed by atoms with Gasteiger partial charge in [-0.3, -0.25) is 0 Å². The summed E-state index contributed by atoms with van der Waals surface area (Å²) in [4.78, 5) is 3.16. The average Bonchev–Trinajstić information content (AvgIpc) is 1.83. The molecule has 0 saturated carbocycles. The molecule has 0 heterocycles. The summed E-state index contributed by atoms with van der Waals surface area (Å²) < 4.78 is 0. The van der Waals surface area contributed by atoms with E-state index < -0.39 is 0 Å². The second-order valence-electron chi connectivity index (χ2n) is 1.51. The van der Waals surface area contributed by atoms with Gasteiger partial charge >= 0.3 is 64.3 Å². The maximum atomic E-state index is 2.33. The van der Waals surface area contributed by atoms with E-state index in [9.17, 15) is 0 Å². The van der Waals surface area contributed by atoms with E-state index in [0.717, 1.165) is 34.7 Å². The molecular weight excluding hydrogens is 230 g/mol. The molecule has 0 radical (unpaired) electrons. The Balaban J connectivity index is 3.21. The fraction of sp³-hybridized carbons (Fsp3) is 0.667. The van der Waals surface area contributed by atoms with Gasteiger partial charge in [-0.15, -0.1) is 0 Å². The van der Waals surface area contributed by atoms with Gasteiger partial charge in [0.05, 0.1) is 0 Å². The van der Waals surface area contributed by atoms with Crippen molar-refractivity contribution in [2.24, 2.45) is 0 Å². The predicted octanol–water partition coefficient (Wildman–Crippen LogP) is 1.81. The SMILES string of the molecule is C[Se]/C=C\C(C)[Se]C. The Kier molecular flexibility index (Phi) is 6.48. The van der Waals surface area contributed by atoms with E-state index in [-0.39, 0.29) is 0 Å². The van der Waals surface area contributed by atoms with Gasteiger partial charge in [-0.2, -0.15) is 0 Å². The van der Waals surface area contributed by atoms with E-state index in [0.29, 0.717) is 0 Å². The third-order valence-electron chi connectivity index (χ3n) is 0.857. The van der Waals surface area contributed by atoms with Gasteiger partial charge < -0.3 is 0 Å². The van der Waals surface area contributed by atoms with Gasteiger partial charge in [0.25, 0.3) is 0 Å². The third-order valence-corrected chi connectivity index (χ3v) is 3.65. The van der Waals surface area contributed by atoms with E-state index >= 15 is 0 Å². The van der Waals surface area contributed by atoms with Gasteiger partial charge in [0.15, 0.2) is 0 Å². The van der Waals surface area contributed by atoms with E-state index in [1.807, 2.05) is 0 Å². The molecule has 2 heteroatoms. The van der Waals surface area contributed by atoms with Gasteiger partial charge in [-0.05, 0) is 0 Å². The molecule has 1 unspecified atom stereocenters.